The molecule has 1 aliphatic rings. The molecule has 3 rings (SSSR count). The van der Waals surface area contributed by atoms with Crippen molar-refractivity contribution < 1.29 is 26.4 Å². The summed E-state index contributed by atoms with van der Waals surface area (Å²) in [4.78, 5) is 14.4. The molecule has 0 bridgehead atoms. The summed E-state index contributed by atoms with van der Waals surface area (Å²) in [5.74, 6) is -0.755. The molecule has 1 N–H and O–H groups in total. The molecule has 1 aliphatic heterocycles. The number of benzene rings is 2. The molecule has 0 radical (unpaired) electrons. The predicted octanol–water partition coefficient (Wildman–Crippen LogP) is 1.04. The maximum Gasteiger partial charge on any atom is 0.264 e. The number of amides is 1. The van der Waals surface area contributed by atoms with Crippen LogP contribution in [0.1, 0.15) is 15.9 Å². The lowest BCUT2D eigenvalue weighted by atomic mass is 10.1. The van der Waals surface area contributed by atoms with Crippen LogP contribution in [-0.4, -0.2) is 60.2 Å². The highest BCUT2D eigenvalue weighted by Crippen LogP contribution is 2.15. The van der Waals surface area contributed by atoms with Gasteiger partial charge in [-0.25, -0.2) is 21.6 Å². The number of sulfone groups is 1. The summed E-state index contributed by atoms with van der Waals surface area (Å²) in [6, 6.07) is 11.4. The standard InChI is InChI=1S/C19H22N2O6S2/c1-28(23,24)17-6-8-18(9-7-17)29(25,26)20-19(22)16-4-2-15(3-5-16)14-21-10-12-27-13-11-21/h2-9H,10-14H2,1H3,(H,20,22). The lowest BCUT2D eigenvalue weighted by Gasteiger charge is -2.26. The second kappa shape index (κ2) is 8.62. The highest BCUT2D eigenvalue weighted by atomic mass is 32.2. The molecule has 1 fully saturated rings. The number of rotatable bonds is 6. The van der Waals surface area contributed by atoms with Crippen LogP contribution in [-0.2, 0) is 31.1 Å². The van der Waals surface area contributed by atoms with E-state index in [9.17, 15) is 21.6 Å². The van der Waals surface area contributed by atoms with Crippen molar-refractivity contribution in [2.75, 3.05) is 32.6 Å². The number of nitrogens with one attached hydrogen (secondary N) is 1. The van der Waals surface area contributed by atoms with E-state index in [1.807, 2.05) is 4.72 Å². The van der Waals surface area contributed by atoms with E-state index < -0.39 is 25.8 Å². The summed E-state index contributed by atoms with van der Waals surface area (Å²) in [7, 11) is -7.56. The smallest absolute Gasteiger partial charge is 0.264 e. The quantitative estimate of drug-likeness (QED) is 0.718. The van der Waals surface area contributed by atoms with E-state index in [1.165, 1.54) is 12.1 Å². The van der Waals surface area contributed by atoms with Gasteiger partial charge in [-0.1, -0.05) is 12.1 Å². The van der Waals surface area contributed by atoms with Gasteiger partial charge in [-0.05, 0) is 42.0 Å². The number of carbonyl (C=O) groups is 1. The van der Waals surface area contributed by atoms with Crippen LogP contribution >= 0.6 is 0 Å². The zero-order valence-electron chi connectivity index (χ0n) is 15.9. The largest absolute Gasteiger partial charge is 0.379 e. The first-order chi connectivity index (χ1) is 13.6. The molecule has 0 atom stereocenters. The van der Waals surface area contributed by atoms with Crippen LogP contribution in [0.15, 0.2) is 58.3 Å². The van der Waals surface area contributed by atoms with E-state index in [4.69, 9.17) is 4.74 Å². The molecule has 1 amide bonds. The Balaban J connectivity index is 1.67. The van der Waals surface area contributed by atoms with E-state index in [-0.39, 0.29) is 15.4 Å². The number of morpholine rings is 1. The van der Waals surface area contributed by atoms with Gasteiger partial charge in [0.25, 0.3) is 15.9 Å². The van der Waals surface area contributed by atoms with E-state index in [1.54, 1.807) is 24.3 Å². The zero-order chi connectivity index (χ0) is 21.1. The van der Waals surface area contributed by atoms with Crippen LogP contribution in [0.5, 0.6) is 0 Å². The number of ether oxygens (including phenoxy) is 1. The number of carbonyl (C=O) groups excluding carboxylic acids is 1. The number of hydrogen-bond acceptors (Lipinski definition) is 7. The lowest BCUT2D eigenvalue weighted by molar-refractivity contribution is 0.0342. The van der Waals surface area contributed by atoms with Crippen LogP contribution < -0.4 is 4.72 Å². The topological polar surface area (TPSA) is 110 Å². The Hall–Kier alpha value is -2.27. The van der Waals surface area contributed by atoms with Crippen molar-refractivity contribution in [1.82, 2.24) is 9.62 Å². The SMILES string of the molecule is CS(=O)(=O)c1ccc(S(=O)(=O)NC(=O)c2ccc(CN3CCOCC3)cc2)cc1. The molecular formula is C19H22N2O6S2. The minimum Gasteiger partial charge on any atom is -0.379 e. The maximum atomic E-state index is 12.4. The second-order valence-electron chi connectivity index (χ2n) is 6.76. The maximum absolute atomic E-state index is 12.4. The van der Waals surface area contributed by atoms with E-state index in [2.05, 4.69) is 4.90 Å². The van der Waals surface area contributed by atoms with Gasteiger partial charge in [-0.15, -0.1) is 0 Å². The summed E-state index contributed by atoms with van der Waals surface area (Å²) in [6.07, 6.45) is 1.03. The predicted molar refractivity (Wildman–Crippen MR) is 107 cm³/mol. The number of sulfonamides is 1. The fourth-order valence-corrected chi connectivity index (χ4v) is 4.49. The molecule has 156 valence electrons. The molecule has 0 aliphatic carbocycles. The molecule has 0 saturated carbocycles. The van der Waals surface area contributed by atoms with E-state index in [0.29, 0.717) is 13.2 Å². The first kappa shape index (κ1) is 21.4. The molecule has 0 spiro atoms. The Morgan fingerprint density at radius 3 is 2.03 bits per heavy atom. The molecule has 29 heavy (non-hydrogen) atoms. The molecule has 1 saturated heterocycles. The fourth-order valence-electron chi connectivity index (χ4n) is 2.88. The monoisotopic (exact) mass is 438 g/mol. The van der Waals surface area contributed by atoms with Crippen molar-refractivity contribution >= 4 is 25.8 Å². The van der Waals surface area contributed by atoms with Gasteiger partial charge >= 0.3 is 0 Å². The van der Waals surface area contributed by atoms with E-state index >= 15 is 0 Å². The van der Waals surface area contributed by atoms with Crippen LogP contribution in [0, 0.1) is 0 Å². The lowest BCUT2D eigenvalue weighted by Crippen LogP contribution is -2.35. The molecular weight excluding hydrogens is 416 g/mol. The third-order valence-electron chi connectivity index (χ3n) is 4.52. The van der Waals surface area contributed by atoms with Gasteiger partial charge < -0.3 is 4.74 Å². The molecule has 0 unspecified atom stereocenters. The van der Waals surface area contributed by atoms with Gasteiger partial charge in [0.1, 0.15) is 0 Å². The van der Waals surface area contributed by atoms with Crippen molar-refractivity contribution in [1.29, 1.82) is 0 Å². The Labute approximate surface area is 170 Å². The van der Waals surface area contributed by atoms with Gasteiger partial charge in [0, 0.05) is 31.5 Å². The molecule has 1 heterocycles. The Morgan fingerprint density at radius 2 is 1.48 bits per heavy atom. The number of nitrogens with zero attached hydrogens (tertiary/aromatic N) is 1. The van der Waals surface area contributed by atoms with Crippen molar-refractivity contribution in [3.63, 3.8) is 0 Å². The highest BCUT2D eigenvalue weighted by molar-refractivity contribution is 7.91. The summed E-state index contributed by atoms with van der Waals surface area (Å²) in [5, 5.41) is 0. The average molecular weight is 439 g/mol. The van der Waals surface area contributed by atoms with Crippen molar-refractivity contribution in [2.24, 2.45) is 0 Å². The summed E-state index contributed by atoms with van der Waals surface area (Å²) in [6.45, 7) is 3.82. The summed E-state index contributed by atoms with van der Waals surface area (Å²) < 4.78 is 55.1. The molecule has 8 nitrogen and oxygen atoms in total. The van der Waals surface area contributed by atoms with Gasteiger partial charge in [-0.3, -0.25) is 9.69 Å². The van der Waals surface area contributed by atoms with Crippen LogP contribution in [0.25, 0.3) is 0 Å². The average Bonchev–Trinajstić information content (AvgIpc) is 2.68. The summed E-state index contributed by atoms with van der Waals surface area (Å²) >= 11 is 0. The third-order valence-corrected chi connectivity index (χ3v) is 6.99. The second-order valence-corrected chi connectivity index (χ2v) is 10.5. The van der Waals surface area contributed by atoms with Crippen LogP contribution in [0.3, 0.4) is 0 Å². The Morgan fingerprint density at radius 1 is 0.931 bits per heavy atom. The van der Waals surface area contributed by atoms with E-state index in [0.717, 1.165) is 43.6 Å². The van der Waals surface area contributed by atoms with Gasteiger partial charge in [0.05, 0.1) is 23.0 Å². The first-order valence-corrected chi connectivity index (χ1v) is 12.3. The Bertz CT molecular complexity index is 1070. The highest BCUT2D eigenvalue weighted by Gasteiger charge is 2.20. The van der Waals surface area contributed by atoms with Crippen molar-refractivity contribution in [3.05, 3.63) is 59.7 Å². The normalized spacial score (nSPS) is 15.8. The van der Waals surface area contributed by atoms with Crippen molar-refractivity contribution in [3.8, 4) is 0 Å². The molecule has 0 aromatic heterocycles. The first-order valence-electron chi connectivity index (χ1n) is 8.91. The minimum atomic E-state index is -4.12. The molecule has 10 heteroatoms. The summed E-state index contributed by atoms with van der Waals surface area (Å²) in [5.41, 5.74) is 1.23. The van der Waals surface area contributed by atoms with Gasteiger partial charge in [0.15, 0.2) is 9.84 Å². The van der Waals surface area contributed by atoms with Crippen LogP contribution in [0.2, 0.25) is 0 Å². The van der Waals surface area contributed by atoms with Gasteiger partial charge in [0.2, 0.25) is 0 Å². The minimum absolute atomic E-state index is 0.00127. The Kier molecular flexibility index (Phi) is 6.37. The van der Waals surface area contributed by atoms with Gasteiger partial charge in [-0.2, -0.15) is 0 Å². The molecule has 2 aromatic rings. The zero-order valence-corrected chi connectivity index (χ0v) is 17.5. The fraction of sp³-hybridized carbons (Fsp3) is 0.316. The number of hydrogen-bond donors (Lipinski definition) is 1. The van der Waals surface area contributed by atoms with Crippen LogP contribution in [0.4, 0.5) is 0 Å². The molecule has 2 aromatic carbocycles. The third kappa shape index (κ3) is 5.63. The van der Waals surface area contributed by atoms with Crippen molar-refractivity contribution in [2.45, 2.75) is 16.3 Å².